The predicted octanol–water partition coefficient (Wildman–Crippen LogP) is 2.99. The first kappa shape index (κ1) is 17.6. The molecule has 2 heterocycles. The van der Waals surface area contributed by atoms with E-state index in [1.54, 1.807) is 0 Å². The van der Waals surface area contributed by atoms with Gasteiger partial charge in [0.25, 0.3) is 0 Å². The molecular formula is C13H7F6N3O2. The third-order valence-electron chi connectivity index (χ3n) is 2.85. The molecule has 5 nitrogen and oxygen atoms in total. The lowest BCUT2D eigenvalue weighted by molar-refractivity contribution is -0.170. The number of hydrogen-bond acceptors (Lipinski definition) is 4. The van der Waals surface area contributed by atoms with Gasteiger partial charge in [-0.05, 0) is 12.1 Å². The number of Topliss-reactive ketones (excluding diaryl/α,β-unsaturated/α-hetero) is 2. The Labute approximate surface area is 129 Å². The summed E-state index contributed by atoms with van der Waals surface area (Å²) in [5.74, 6) is -4.12. The summed E-state index contributed by atoms with van der Waals surface area (Å²) in [7, 11) is 0. The molecule has 2 aromatic rings. The number of carbonyl (C=O) groups is 2. The van der Waals surface area contributed by atoms with E-state index in [2.05, 4.69) is 10.1 Å². The lowest BCUT2D eigenvalue weighted by atomic mass is 10.1. The molecule has 0 amide bonds. The molecule has 0 atom stereocenters. The van der Waals surface area contributed by atoms with Gasteiger partial charge in [-0.25, -0.2) is 9.67 Å². The molecular weight excluding hydrogens is 344 g/mol. The number of pyridine rings is 1. The largest absolute Gasteiger partial charge is 0.450 e. The SMILES string of the molecule is O=C(CC(=O)C(F)(F)F)c1cnn(-c2ncccc2C(F)(F)F)c1. The van der Waals surface area contributed by atoms with Crippen LogP contribution in [-0.4, -0.2) is 32.5 Å². The van der Waals surface area contributed by atoms with Crippen molar-refractivity contribution in [3.63, 3.8) is 0 Å². The predicted molar refractivity (Wildman–Crippen MR) is 66.4 cm³/mol. The summed E-state index contributed by atoms with van der Waals surface area (Å²) in [6.07, 6.45) is -8.77. The summed E-state index contributed by atoms with van der Waals surface area (Å²) in [6, 6.07) is 1.78. The van der Waals surface area contributed by atoms with Gasteiger partial charge in [0.2, 0.25) is 5.78 Å². The van der Waals surface area contributed by atoms with Gasteiger partial charge in [-0.3, -0.25) is 9.59 Å². The van der Waals surface area contributed by atoms with Gasteiger partial charge in [0, 0.05) is 12.4 Å². The van der Waals surface area contributed by atoms with Crippen LogP contribution in [0.2, 0.25) is 0 Å². The maximum Gasteiger partial charge on any atom is 0.450 e. The summed E-state index contributed by atoms with van der Waals surface area (Å²) in [6.45, 7) is 0. The van der Waals surface area contributed by atoms with E-state index in [1.807, 2.05) is 0 Å². The minimum atomic E-state index is -5.17. The zero-order chi connectivity index (χ0) is 18.1. The first-order valence-corrected chi connectivity index (χ1v) is 6.20. The highest BCUT2D eigenvalue weighted by Gasteiger charge is 2.39. The number of hydrogen-bond donors (Lipinski definition) is 0. The average Bonchev–Trinajstić information content (AvgIpc) is 2.95. The molecule has 2 aromatic heterocycles. The normalized spacial score (nSPS) is 12.2. The third kappa shape index (κ3) is 3.78. The lowest BCUT2D eigenvalue weighted by Crippen LogP contribution is -2.25. The number of ketones is 2. The Morgan fingerprint density at radius 3 is 2.38 bits per heavy atom. The molecule has 2 rings (SSSR count). The van der Waals surface area contributed by atoms with Crippen molar-refractivity contribution in [2.24, 2.45) is 0 Å². The molecule has 0 aromatic carbocycles. The Bertz CT molecular complexity index is 778. The fourth-order valence-electron chi connectivity index (χ4n) is 1.73. The van der Waals surface area contributed by atoms with Gasteiger partial charge >= 0.3 is 12.4 Å². The van der Waals surface area contributed by atoms with Crippen LogP contribution in [0.3, 0.4) is 0 Å². The second-order valence-electron chi connectivity index (χ2n) is 4.57. The molecule has 0 fully saturated rings. The molecule has 0 saturated carbocycles. The lowest BCUT2D eigenvalue weighted by Gasteiger charge is -2.10. The maximum atomic E-state index is 12.9. The van der Waals surface area contributed by atoms with Crippen LogP contribution >= 0.6 is 0 Å². The second kappa shape index (κ2) is 6.06. The second-order valence-corrected chi connectivity index (χ2v) is 4.57. The number of rotatable bonds is 4. The first-order valence-electron chi connectivity index (χ1n) is 6.20. The Hall–Kier alpha value is -2.72. The van der Waals surface area contributed by atoms with Crippen molar-refractivity contribution in [3.8, 4) is 5.82 Å². The van der Waals surface area contributed by atoms with E-state index in [4.69, 9.17) is 0 Å². The van der Waals surface area contributed by atoms with Crippen molar-refractivity contribution in [2.75, 3.05) is 0 Å². The van der Waals surface area contributed by atoms with Crippen LogP contribution in [0, 0.1) is 0 Å². The van der Waals surface area contributed by atoms with E-state index in [0.717, 1.165) is 30.7 Å². The van der Waals surface area contributed by atoms with Gasteiger partial charge in [-0.1, -0.05) is 0 Å². The van der Waals surface area contributed by atoms with Crippen LogP contribution in [0.5, 0.6) is 0 Å². The van der Waals surface area contributed by atoms with Crippen molar-refractivity contribution in [1.29, 1.82) is 0 Å². The highest BCUT2D eigenvalue weighted by molar-refractivity contribution is 6.09. The number of alkyl halides is 6. The Balaban J connectivity index is 2.30. The van der Waals surface area contributed by atoms with Crippen molar-refractivity contribution in [1.82, 2.24) is 14.8 Å². The Morgan fingerprint density at radius 2 is 1.79 bits per heavy atom. The summed E-state index contributed by atoms with van der Waals surface area (Å²) in [5.41, 5.74) is -1.58. The van der Waals surface area contributed by atoms with Gasteiger partial charge < -0.3 is 0 Å². The highest BCUT2D eigenvalue weighted by atomic mass is 19.4. The Kier molecular flexibility index (Phi) is 4.45. The van der Waals surface area contributed by atoms with E-state index >= 15 is 0 Å². The van der Waals surface area contributed by atoms with Crippen molar-refractivity contribution >= 4 is 11.6 Å². The fraction of sp³-hybridized carbons (Fsp3) is 0.231. The minimum absolute atomic E-state index is 0.439. The van der Waals surface area contributed by atoms with E-state index in [1.165, 1.54) is 0 Å². The van der Waals surface area contributed by atoms with Crippen LogP contribution in [0.25, 0.3) is 5.82 Å². The number of aromatic nitrogens is 3. The Morgan fingerprint density at radius 1 is 1.12 bits per heavy atom. The summed E-state index contributed by atoms with van der Waals surface area (Å²) < 4.78 is 75.6. The summed E-state index contributed by atoms with van der Waals surface area (Å²) >= 11 is 0. The molecule has 0 spiro atoms. The maximum absolute atomic E-state index is 12.9. The van der Waals surface area contributed by atoms with Crippen molar-refractivity contribution in [3.05, 3.63) is 41.9 Å². The van der Waals surface area contributed by atoms with Gasteiger partial charge in [0.15, 0.2) is 11.6 Å². The third-order valence-corrected chi connectivity index (χ3v) is 2.85. The van der Waals surface area contributed by atoms with E-state index in [9.17, 15) is 35.9 Å². The standard InChI is InChI=1S/C13H7F6N3O2/c14-12(15,16)8-2-1-3-20-11(8)22-6-7(5-21-22)9(23)4-10(24)13(17,18)19/h1-3,5-6H,4H2. The molecule has 0 radical (unpaired) electrons. The summed E-state index contributed by atoms with van der Waals surface area (Å²) in [4.78, 5) is 25.9. The van der Waals surface area contributed by atoms with Gasteiger partial charge in [-0.15, -0.1) is 0 Å². The van der Waals surface area contributed by atoms with Crippen LogP contribution in [0.1, 0.15) is 22.3 Å². The number of nitrogens with zero attached hydrogens (tertiary/aromatic N) is 3. The number of halogens is 6. The van der Waals surface area contributed by atoms with Crippen molar-refractivity contribution in [2.45, 2.75) is 18.8 Å². The molecule has 0 saturated heterocycles. The van der Waals surface area contributed by atoms with Crippen LogP contribution in [-0.2, 0) is 11.0 Å². The van der Waals surface area contributed by atoms with Crippen molar-refractivity contribution < 1.29 is 35.9 Å². The van der Waals surface area contributed by atoms with E-state index < -0.39 is 47.3 Å². The fourth-order valence-corrected chi connectivity index (χ4v) is 1.73. The summed E-state index contributed by atoms with van der Waals surface area (Å²) in [5, 5.41) is 3.49. The molecule has 128 valence electrons. The molecule has 0 bridgehead atoms. The van der Waals surface area contributed by atoms with E-state index in [-0.39, 0.29) is 0 Å². The zero-order valence-corrected chi connectivity index (χ0v) is 11.5. The van der Waals surface area contributed by atoms with Crippen LogP contribution in [0.4, 0.5) is 26.3 Å². The molecule has 0 unspecified atom stereocenters. The topological polar surface area (TPSA) is 64.8 Å². The molecule has 0 N–H and O–H groups in total. The monoisotopic (exact) mass is 351 g/mol. The smallest absolute Gasteiger partial charge is 0.294 e. The first-order chi connectivity index (χ1) is 11.0. The highest BCUT2D eigenvalue weighted by Crippen LogP contribution is 2.32. The van der Waals surface area contributed by atoms with Gasteiger partial charge in [0.1, 0.15) is 5.56 Å². The molecule has 24 heavy (non-hydrogen) atoms. The minimum Gasteiger partial charge on any atom is -0.294 e. The number of carbonyl (C=O) groups excluding carboxylic acids is 2. The quantitative estimate of drug-likeness (QED) is 0.483. The zero-order valence-electron chi connectivity index (χ0n) is 11.5. The van der Waals surface area contributed by atoms with Crippen LogP contribution in [0.15, 0.2) is 30.7 Å². The van der Waals surface area contributed by atoms with Gasteiger partial charge in [-0.2, -0.15) is 31.4 Å². The van der Waals surface area contributed by atoms with Gasteiger partial charge in [0.05, 0.1) is 18.2 Å². The molecule has 0 aliphatic rings. The average molecular weight is 351 g/mol. The molecule has 11 heteroatoms. The van der Waals surface area contributed by atoms with E-state index in [0.29, 0.717) is 4.68 Å². The van der Waals surface area contributed by atoms with Crippen LogP contribution < -0.4 is 0 Å². The molecule has 0 aliphatic heterocycles. The molecule has 0 aliphatic carbocycles.